The van der Waals surface area contributed by atoms with E-state index >= 15 is 0 Å². The van der Waals surface area contributed by atoms with Crippen molar-refractivity contribution in [3.05, 3.63) is 57.8 Å². The number of carbonyl (C=O) groups is 2. The highest BCUT2D eigenvalue weighted by molar-refractivity contribution is 7.10. The number of unbranched alkanes of at least 4 members (excludes halogenated alkanes) is 1. The van der Waals surface area contributed by atoms with Crippen LogP contribution in [0.4, 0.5) is 0 Å². The first-order valence-corrected chi connectivity index (χ1v) is 11.0. The standard InChI is InChI=1S/C22H29ClN2O2S/c1-4-5-12-24(22(27)18(3)23)16-21(26)25(14-19-9-7-6-8-10-19)15-20-17(2)11-13-28-20/h6-11,13,18H,4-5,12,14-16H2,1-3H3/t18-/m0/s1. The molecular formula is C22H29ClN2O2S. The van der Waals surface area contributed by atoms with Crippen LogP contribution in [0.3, 0.4) is 0 Å². The maximum Gasteiger partial charge on any atom is 0.242 e. The van der Waals surface area contributed by atoms with Crippen LogP contribution in [-0.2, 0) is 22.7 Å². The number of hydrogen-bond donors (Lipinski definition) is 0. The van der Waals surface area contributed by atoms with Gasteiger partial charge in [-0.3, -0.25) is 9.59 Å². The lowest BCUT2D eigenvalue weighted by Crippen LogP contribution is -2.44. The average Bonchev–Trinajstić information content (AvgIpc) is 3.09. The normalized spacial score (nSPS) is 11.9. The fourth-order valence-corrected chi connectivity index (χ4v) is 3.97. The summed E-state index contributed by atoms with van der Waals surface area (Å²) in [5.41, 5.74) is 2.26. The van der Waals surface area contributed by atoms with Gasteiger partial charge in [0.15, 0.2) is 0 Å². The second-order valence-corrected chi connectivity index (χ2v) is 8.65. The summed E-state index contributed by atoms with van der Waals surface area (Å²) in [6, 6.07) is 12.0. The topological polar surface area (TPSA) is 40.6 Å². The zero-order valence-electron chi connectivity index (χ0n) is 16.9. The monoisotopic (exact) mass is 420 g/mol. The van der Waals surface area contributed by atoms with Gasteiger partial charge in [0.25, 0.3) is 0 Å². The van der Waals surface area contributed by atoms with Crippen LogP contribution in [0, 0.1) is 6.92 Å². The summed E-state index contributed by atoms with van der Waals surface area (Å²) in [5, 5.41) is 1.41. The lowest BCUT2D eigenvalue weighted by molar-refractivity contribution is -0.141. The summed E-state index contributed by atoms with van der Waals surface area (Å²) in [4.78, 5) is 30.2. The Morgan fingerprint density at radius 1 is 1.11 bits per heavy atom. The third kappa shape index (κ3) is 6.64. The van der Waals surface area contributed by atoms with Crippen LogP contribution >= 0.6 is 22.9 Å². The lowest BCUT2D eigenvalue weighted by Gasteiger charge is -2.28. The molecule has 2 amide bonds. The van der Waals surface area contributed by atoms with Gasteiger partial charge < -0.3 is 9.80 Å². The van der Waals surface area contributed by atoms with Crippen LogP contribution in [0.1, 0.15) is 42.7 Å². The number of halogens is 1. The second-order valence-electron chi connectivity index (χ2n) is 6.99. The van der Waals surface area contributed by atoms with Crippen LogP contribution in [-0.4, -0.2) is 40.1 Å². The number of thiophene rings is 1. The maximum atomic E-state index is 13.2. The van der Waals surface area contributed by atoms with Crippen molar-refractivity contribution >= 4 is 34.8 Å². The van der Waals surface area contributed by atoms with Crippen LogP contribution in [0.5, 0.6) is 0 Å². The first-order valence-electron chi connectivity index (χ1n) is 9.69. The number of nitrogens with zero attached hydrogens (tertiary/aromatic N) is 2. The summed E-state index contributed by atoms with van der Waals surface area (Å²) in [7, 11) is 0. The SMILES string of the molecule is CCCCN(CC(=O)N(Cc1ccccc1)Cc1sccc1C)C(=O)[C@H](C)Cl. The number of amides is 2. The Kier molecular flexibility index (Phi) is 9.00. The summed E-state index contributed by atoms with van der Waals surface area (Å²) in [6.07, 6.45) is 1.81. The third-order valence-corrected chi connectivity index (χ3v) is 5.83. The molecule has 152 valence electrons. The molecule has 0 fully saturated rings. The highest BCUT2D eigenvalue weighted by atomic mass is 35.5. The molecular weight excluding hydrogens is 392 g/mol. The van der Waals surface area contributed by atoms with Gasteiger partial charge in [-0.1, -0.05) is 43.7 Å². The van der Waals surface area contributed by atoms with Crippen molar-refractivity contribution in [1.82, 2.24) is 9.80 Å². The zero-order valence-corrected chi connectivity index (χ0v) is 18.4. The van der Waals surface area contributed by atoms with E-state index in [1.807, 2.05) is 40.6 Å². The molecule has 0 aliphatic rings. The minimum Gasteiger partial charge on any atom is -0.332 e. The Bertz CT molecular complexity index is 761. The molecule has 0 saturated heterocycles. The van der Waals surface area contributed by atoms with Crippen LogP contribution in [0.15, 0.2) is 41.8 Å². The average molecular weight is 421 g/mol. The fourth-order valence-electron chi connectivity index (χ4n) is 2.91. The second kappa shape index (κ2) is 11.2. The molecule has 1 heterocycles. The molecule has 1 aromatic heterocycles. The molecule has 0 N–H and O–H groups in total. The Balaban J connectivity index is 2.18. The summed E-state index contributed by atoms with van der Waals surface area (Å²) in [5.74, 6) is -0.242. The molecule has 2 rings (SSSR count). The van der Waals surface area contributed by atoms with E-state index in [2.05, 4.69) is 19.9 Å². The summed E-state index contributed by atoms with van der Waals surface area (Å²) in [6.45, 7) is 7.46. The quantitative estimate of drug-likeness (QED) is 0.516. The third-order valence-electron chi connectivity index (χ3n) is 4.63. The molecule has 0 spiro atoms. The summed E-state index contributed by atoms with van der Waals surface area (Å²) >= 11 is 7.67. The minimum atomic E-state index is -0.633. The van der Waals surface area contributed by atoms with Crippen LogP contribution in [0.2, 0.25) is 0 Å². The van der Waals surface area contributed by atoms with Gasteiger partial charge in [-0.15, -0.1) is 22.9 Å². The minimum absolute atomic E-state index is 0.0570. The number of rotatable bonds is 10. The Labute approximate surface area is 177 Å². The van der Waals surface area contributed by atoms with E-state index in [1.165, 1.54) is 10.4 Å². The molecule has 0 aliphatic carbocycles. The molecule has 4 nitrogen and oxygen atoms in total. The van der Waals surface area contributed by atoms with Crippen LogP contribution < -0.4 is 0 Å². The van der Waals surface area contributed by atoms with Gasteiger partial charge in [-0.25, -0.2) is 0 Å². The molecule has 0 aliphatic heterocycles. The van der Waals surface area contributed by atoms with Crippen LogP contribution in [0.25, 0.3) is 0 Å². The molecule has 0 radical (unpaired) electrons. The Morgan fingerprint density at radius 2 is 1.82 bits per heavy atom. The number of carbonyl (C=O) groups excluding carboxylic acids is 2. The lowest BCUT2D eigenvalue weighted by atomic mass is 10.2. The smallest absolute Gasteiger partial charge is 0.242 e. The first kappa shape index (κ1) is 22.4. The molecule has 1 aromatic carbocycles. The predicted molar refractivity (Wildman–Crippen MR) is 117 cm³/mol. The molecule has 1 atom stereocenters. The maximum absolute atomic E-state index is 13.2. The van der Waals surface area contributed by atoms with E-state index in [0.717, 1.165) is 18.4 Å². The number of benzene rings is 1. The van der Waals surface area contributed by atoms with Gasteiger partial charge in [0.1, 0.15) is 5.38 Å². The largest absolute Gasteiger partial charge is 0.332 e. The molecule has 2 aromatic rings. The van der Waals surface area contributed by atoms with Gasteiger partial charge in [0, 0.05) is 18.0 Å². The molecule has 6 heteroatoms. The van der Waals surface area contributed by atoms with E-state index in [0.29, 0.717) is 19.6 Å². The van der Waals surface area contributed by atoms with Crippen molar-refractivity contribution in [2.45, 2.75) is 52.1 Å². The Hall–Kier alpha value is -1.85. The molecule has 28 heavy (non-hydrogen) atoms. The van der Waals surface area contributed by atoms with Crippen molar-refractivity contribution in [1.29, 1.82) is 0 Å². The van der Waals surface area contributed by atoms with E-state index < -0.39 is 5.38 Å². The van der Waals surface area contributed by atoms with Gasteiger partial charge in [0.2, 0.25) is 11.8 Å². The van der Waals surface area contributed by atoms with Crippen molar-refractivity contribution < 1.29 is 9.59 Å². The molecule has 0 bridgehead atoms. The van der Waals surface area contributed by atoms with Gasteiger partial charge in [-0.05, 0) is 42.8 Å². The first-order chi connectivity index (χ1) is 13.4. The van der Waals surface area contributed by atoms with E-state index in [-0.39, 0.29) is 18.4 Å². The Morgan fingerprint density at radius 3 is 2.39 bits per heavy atom. The zero-order chi connectivity index (χ0) is 20.5. The van der Waals surface area contributed by atoms with Crippen molar-refractivity contribution in [3.8, 4) is 0 Å². The molecule has 0 saturated carbocycles. The summed E-state index contributed by atoms with van der Waals surface area (Å²) < 4.78 is 0. The number of alkyl halides is 1. The number of aryl methyl sites for hydroxylation is 1. The van der Waals surface area contributed by atoms with Gasteiger partial charge >= 0.3 is 0 Å². The van der Waals surface area contributed by atoms with Crippen molar-refractivity contribution in [2.24, 2.45) is 0 Å². The van der Waals surface area contributed by atoms with Crippen molar-refractivity contribution in [3.63, 3.8) is 0 Å². The number of hydrogen-bond acceptors (Lipinski definition) is 3. The highest BCUT2D eigenvalue weighted by Gasteiger charge is 2.24. The van der Waals surface area contributed by atoms with E-state index in [9.17, 15) is 9.59 Å². The van der Waals surface area contributed by atoms with Gasteiger partial charge in [-0.2, -0.15) is 0 Å². The van der Waals surface area contributed by atoms with Gasteiger partial charge in [0.05, 0.1) is 13.1 Å². The molecule has 0 unspecified atom stereocenters. The fraction of sp³-hybridized carbons (Fsp3) is 0.455. The van der Waals surface area contributed by atoms with Crippen molar-refractivity contribution in [2.75, 3.05) is 13.1 Å². The predicted octanol–water partition coefficient (Wildman–Crippen LogP) is 4.84. The highest BCUT2D eigenvalue weighted by Crippen LogP contribution is 2.20. The van der Waals surface area contributed by atoms with E-state index in [4.69, 9.17) is 11.6 Å². The van der Waals surface area contributed by atoms with E-state index in [1.54, 1.807) is 23.2 Å².